The van der Waals surface area contributed by atoms with Crippen LogP contribution in [0.3, 0.4) is 0 Å². The summed E-state index contributed by atoms with van der Waals surface area (Å²) in [7, 11) is 1.48. The minimum absolute atomic E-state index is 0.00103. The Hall–Kier alpha value is -4.18. The van der Waals surface area contributed by atoms with Crippen LogP contribution in [0, 0.1) is 5.82 Å². The molecule has 8 nitrogen and oxygen atoms in total. The number of methoxy groups -OCH3 is 1. The van der Waals surface area contributed by atoms with Gasteiger partial charge in [0.1, 0.15) is 17.3 Å². The lowest BCUT2D eigenvalue weighted by atomic mass is 10.2. The number of nitrogens with one attached hydrogen (secondary N) is 3. The molecule has 0 saturated carbocycles. The molecular weight excluding hydrogens is 507 g/mol. The number of carbonyl (C=O) groups excluding carboxylic acids is 3. The van der Waals surface area contributed by atoms with Crippen LogP contribution in [-0.2, 0) is 9.59 Å². The number of amides is 3. The molecule has 10 heteroatoms. The van der Waals surface area contributed by atoms with Gasteiger partial charge in [-0.25, -0.2) is 9.07 Å². The van der Waals surface area contributed by atoms with E-state index in [1.165, 1.54) is 36.1 Å². The predicted molar refractivity (Wildman–Crippen MR) is 130 cm³/mol. The maximum atomic E-state index is 14.0. The van der Waals surface area contributed by atoms with Gasteiger partial charge in [-0.15, -0.1) is 0 Å². The number of ether oxygens (including phenoxy) is 1. The maximum Gasteiger partial charge on any atom is 0.328 e. The highest BCUT2D eigenvalue weighted by Crippen LogP contribution is 2.24. The summed E-state index contributed by atoms with van der Waals surface area (Å²) >= 11 is 3.37. The molecule has 0 atom stereocenters. The van der Waals surface area contributed by atoms with Crippen LogP contribution < -0.4 is 20.8 Å². The zero-order valence-corrected chi connectivity index (χ0v) is 19.4. The molecule has 1 heterocycles. The number of anilines is 2. The third kappa shape index (κ3) is 4.91. The fraction of sp³-hybridized carbons (Fsp3) is 0.0417. The smallest absolute Gasteiger partial charge is 0.328 e. The molecule has 4 aromatic rings. The lowest BCUT2D eigenvalue weighted by Crippen LogP contribution is -2.36. The predicted octanol–water partition coefficient (Wildman–Crippen LogP) is 4.51. The Morgan fingerprint density at radius 3 is 2.47 bits per heavy atom. The molecule has 0 saturated heterocycles. The summed E-state index contributed by atoms with van der Waals surface area (Å²) in [5.41, 5.74) is 3.25. The van der Waals surface area contributed by atoms with Gasteiger partial charge in [-0.05, 0) is 48.5 Å². The maximum absolute atomic E-state index is 14.0. The van der Waals surface area contributed by atoms with Crippen molar-refractivity contribution in [3.63, 3.8) is 0 Å². The van der Waals surface area contributed by atoms with Crippen LogP contribution in [0.5, 0.6) is 5.75 Å². The summed E-state index contributed by atoms with van der Waals surface area (Å²) in [5, 5.41) is 5.58. The zero-order valence-electron chi connectivity index (χ0n) is 17.8. The highest BCUT2D eigenvalue weighted by Gasteiger charge is 2.22. The Bertz CT molecular complexity index is 1420. The number of hydrogen-bond donors (Lipinski definition) is 3. The quantitative estimate of drug-likeness (QED) is 0.334. The van der Waals surface area contributed by atoms with Gasteiger partial charge < -0.3 is 15.4 Å². The lowest BCUT2D eigenvalue weighted by Gasteiger charge is -2.13. The molecule has 0 aliphatic carbocycles. The average Bonchev–Trinajstić information content (AvgIpc) is 3.18. The van der Waals surface area contributed by atoms with E-state index in [9.17, 15) is 18.8 Å². The highest BCUT2D eigenvalue weighted by atomic mass is 79.9. The zero-order chi connectivity index (χ0) is 24.2. The molecule has 34 heavy (non-hydrogen) atoms. The molecule has 0 aliphatic rings. The number of halogens is 2. The van der Waals surface area contributed by atoms with Crippen LogP contribution in [0.1, 0.15) is 10.5 Å². The molecule has 4 rings (SSSR count). The topological polar surface area (TPSA) is 101 Å². The van der Waals surface area contributed by atoms with Gasteiger partial charge in [0.05, 0.1) is 18.3 Å². The monoisotopic (exact) mass is 524 g/mol. The second-order valence-corrected chi connectivity index (χ2v) is 8.04. The van der Waals surface area contributed by atoms with E-state index in [1.54, 1.807) is 48.5 Å². The summed E-state index contributed by atoms with van der Waals surface area (Å²) in [5.74, 6) is -2.74. The fourth-order valence-corrected chi connectivity index (χ4v) is 3.64. The van der Waals surface area contributed by atoms with Crippen molar-refractivity contribution in [3.8, 4) is 5.75 Å². The van der Waals surface area contributed by atoms with Crippen molar-refractivity contribution in [1.29, 1.82) is 0 Å². The van der Waals surface area contributed by atoms with Crippen LogP contribution >= 0.6 is 15.9 Å². The van der Waals surface area contributed by atoms with Crippen LogP contribution in [-0.4, -0.2) is 29.5 Å². The van der Waals surface area contributed by atoms with Gasteiger partial charge in [-0.2, -0.15) is 0 Å². The standard InChI is InChI=1S/C24H18BrFN4O4/c1-34-17-6-4-5-16(13-17)27-23(32)24(33)29-30-20-10-9-15(25)11-14(20)12-21(30)22(31)28-19-8-3-2-7-18(19)26/h2-13H,1H3,(H,27,32)(H,28,31)(H,29,33). The van der Waals surface area contributed by atoms with Crippen molar-refractivity contribution in [2.75, 3.05) is 23.2 Å². The van der Waals surface area contributed by atoms with Crippen LogP contribution in [0.4, 0.5) is 15.8 Å². The Labute approximate surface area is 201 Å². The second kappa shape index (κ2) is 9.75. The van der Waals surface area contributed by atoms with Crippen molar-refractivity contribution in [2.45, 2.75) is 0 Å². The first-order valence-electron chi connectivity index (χ1n) is 9.99. The number of carbonyl (C=O) groups is 3. The highest BCUT2D eigenvalue weighted by molar-refractivity contribution is 9.10. The summed E-state index contributed by atoms with van der Waals surface area (Å²) in [4.78, 5) is 38.2. The summed E-state index contributed by atoms with van der Waals surface area (Å²) in [6.07, 6.45) is 0. The van der Waals surface area contributed by atoms with Crippen molar-refractivity contribution in [2.24, 2.45) is 0 Å². The summed E-state index contributed by atoms with van der Waals surface area (Å²) in [6.45, 7) is 0. The Morgan fingerprint density at radius 1 is 0.912 bits per heavy atom. The van der Waals surface area contributed by atoms with E-state index in [2.05, 4.69) is 32.0 Å². The summed E-state index contributed by atoms with van der Waals surface area (Å²) in [6, 6.07) is 18.9. The number of rotatable bonds is 5. The molecule has 0 unspecified atom stereocenters. The molecule has 172 valence electrons. The third-order valence-electron chi connectivity index (χ3n) is 4.87. The summed E-state index contributed by atoms with van der Waals surface area (Å²) < 4.78 is 21.1. The van der Waals surface area contributed by atoms with Gasteiger partial charge in [-0.1, -0.05) is 34.1 Å². The molecule has 0 radical (unpaired) electrons. The van der Waals surface area contributed by atoms with E-state index in [0.717, 1.165) is 4.47 Å². The van der Waals surface area contributed by atoms with Crippen LogP contribution in [0.25, 0.3) is 10.9 Å². The number of nitrogens with zero attached hydrogens (tertiary/aromatic N) is 1. The first-order valence-corrected chi connectivity index (χ1v) is 10.8. The molecule has 0 fully saturated rings. The Kier molecular flexibility index (Phi) is 6.60. The average molecular weight is 525 g/mol. The van der Waals surface area contributed by atoms with Crippen LogP contribution in [0.2, 0.25) is 0 Å². The van der Waals surface area contributed by atoms with Gasteiger partial charge in [0.2, 0.25) is 0 Å². The van der Waals surface area contributed by atoms with Crippen molar-refractivity contribution in [1.82, 2.24) is 4.68 Å². The van der Waals surface area contributed by atoms with E-state index in [-0.39, 0.29) is 11.4 Å². The van der Waals surface area contributed by atoms with E-state index in [4.69, 9.17) is 4.74 Å². The third-order valence-corrected chi connectivity index (χ3v) is 5.36. The molecule has 0 spiro atoms. The molecule has 3 amide bonds. The lowest BCUT2D eigenvalue weighted by molar-refractivity contribution is -0.133. The molecular formula is C24H18BrFN4O4. The van der Waals surface area contributed by atoms with E-state index in [1.807, 2.05) is 0 Å². The molecule has 3 N–H and O–H groups in total. The van der Waals surface area contributed by atoms with Crippen molar-refractivity contribution >= 4 is 55.9 Å². The minimum Gasteiger partial charge on any atom is -0.497 e. The van der Waals surface area contributed by atoms with E-state index < -0.39 is 23.5 Å². The molecule has 1 aromatic heterocycles. The first kappa shape index (κ1) is 23.0. The van der Waals surface area contributed by atoms with Crippen LogP contribution in [0.15, 0.2) is 77.3 Å². The number of fused-ring (bicyclic) bond motifs is 1. The van der Waals surface area contributed by atoms with Gasteiger partial charge in [0.25, 0.3) is 5.91 Å². The van der Waals surface area contributed by atoms with E-state index >= 15 is 0 Å². The SMILES string of the molecule is COc1cccc(NC(=O)C(=O)Nn2c(C(=O)Nc3ccccc3F)cc3cc(Br)ccc32)c1. The number of benzene rings is 3. The van der Waals surface area contributed by atoms with E-state index in [0.29, 0.717) is 22.3 Å². The molecule has 0 aliphatic heterocycles. The number of hydrogen-bond acceptors (Lipinski definition) is 4. The second-order valence-electron chi connectivity index (χ2n) is 7.13. The molecule has 0 bridgehead atoms. The fourth-order valence-electron chi connectivity index (χ4n) is 3.26. The number of para-hydroxylation sites is 1. The van der Waals surface area contributed by atoms with Crippen molar-refractivity contribution in [3.05, 3.63) is 88.8 Å². The van der Waals surface area contributed by atoms with Crippen molar-refractivity contribution < 1.29 is 23.5 Å². The first-order chi connectivity index (χ1) is 16.4. The minimum atomic E-state index is -1.01. The van der Waals surface area contributed by atoms with Gasteiger partial charge in [0, 0.05) is 21.6 Å². The Morgan fingerprint density at radius 2 is 1.71 bits per heavy atom. The van der Waals surface area contributed by atoms with Gasteiger partial charge in [-0.3, -0.25) is 19.8 Å². The Balaban J connectivity index is 1.62. The molecule has 3 aromatic carbocycles. The van der Waals surface area contributed by atoms with Gasteiger partial charge >= 0.3 is 11.8 Å². The normalized spacial score (nSPS) is 10.6. The largest absolute Gasteiger partial charge is 0.497 e. The van der Waals surface area contributed by atoms with Gasteiger partial charge in [0.15, 0.2) is 0 Å². The number of aromatic nitrogens is 1.